The van der Waals surface area contributed by atoms with Gasteiger partial charge in [-0.1, -0.05) is 62.4 Å². The second-order valence-electron chi connectivity index (χ2n) is 11.4. The zero-order valence-electron chi connectivity index (χ0n) is 20.9. The molecule has 4 aliphatic rings. The molecule has 0 unspecified atom stereocenters. The molecule has 0 aromatic heterocycles. The number of nitrogens with one attached hydrogen (secondary N) is 2. The quantitative estimate of drug-likeness (QED) is 0.581. The van der Waals surface area contributed by atoms with Crippen LogP contribution < -0.4 is 10.6 Å². The molecule has 5 atom stereocenters. The number of fused-ring (bicyclic) bond motifs is 4. The summed E-state index contributed by atoms with van der Waals surface area (Å²) in [6, 6.07) is 15.2. The largest absolute Gasteiger partial charge is 0.372 e. The van der Waals surface area contributed by atoms with Gasteiger partial charge in [-0.3, -0.25) is 14.4 Å². The molecule has 6 rings (SSSR count). The summed E-state index contributed by atoms with van der Waals surface area (Å²) in [5.41, 5.74) is 0.617. The van der Waals surface area contributed by atoms with Crippen LogP contribution >= 0.6 is 0 Å². The molecule has 2 aromatic carbocycles. The van der Waals surface area contributed by atoms with Crippen molar-refractivity contribution in [1.29, 1.82) is 5.26 Å². The van der Waals surface area contributed by atoms with E-state index in [2.05, 4.69) is 30.6 Å². The van der Waals surface area contributed by atoms with E-state index in [0.717, 1.165) is 11.1 Å². The predicted molar refractivity (Wildman–Crippen MR) is 134 cm³/mol. The van der Waals surface area contributed by atoms with Crippen LogP contribution in [0.4, 0.5) is 0 Å². The van der Waals surface area contributed by atoms with Gasteiger partial charge >= 0.3 is 0 Å². The van der Waals surface area contributed by atoms with E-state index < -0.39 is 29.5 Å². The fourth-order valence-corrected chi connectivity index (χ4v) is 7.00. The monoisotopic (exact) mass is 498 g/mol. The molecule has 3 fully saturated rings. The van der Waals surface area contributed by atoms with Gasteiger partial charge in [0, 0.05) is 30.1 Å². The summed E-state index contributed by atoms with van der Waals surface area (Å²) in [7, 11) is 0. The van der Waals surface area contributed by atoms with Gasteiger partial charge < -0.3 is 20.6 Å². The maximum atomic E-state index is 14.2. The average Bonchev–Trinajstić information content (AvgIpc) is 3.32. The molecular formula is C29H30N4O4. The zero-order valence-corrected chi connectivity index (χ0v) is 20.9. The minimum Gasteiger partial charge on any atom is -0.372 e. The molecular weight excluding hydrogens is 468 g/mol. The zero-order chi connectivity index (χ0) is 26.1. The molecule has 8 heteroatoms. The molecule has 37 heavy (non-hydrogen) atoms. The summed E-state index contributed by atoms with van der Waals surface area (Å²) >= 11 is 0. The Morgan fingerprint density at radius 2 is 1.78 bits per heavy atom. The lowest BCUT2D eigenvalue weighted by Gasteiger charge is -2.36. The van der Waals surface area contributed by atoms with Gasteiger partial charge in [0.1, 0.15) is 12.1 Å². The molecule has 2 aliphatic heterocycles. The van der Waals surface area contributed by atoms with Gasteiger partial charge in [-0.15, -0.1) is 0 Å². The predicted octanol–water partition coefficient (Wildman–Crippen LogP) is 1.92. The maximum absolute atomic E-state index is 14.2. The highest BCUT2D eigenvalue weighted by atomic mass is 16.3. The fourth-order valence-electron chi connectivity index (χ4n) is 7.00. The van der Waals surface area contributed by atoms with Gasteiger partial charge in [0.2, 0.25) is 11.8 Å². The summed E-state index contributed by atoms with van der Waals surface area (Å²) in [6.07, 6.45) is 0.863. The standard InChI is InChI=1S/C29H30N4O4/c1-28(2)22-15-33(24(23(22)28)26(35)32-17(14-30)13-16-11-12-31-25(16)34)27(36)29(37)20-9-5-3-7-18(20)19-8-4-6-10-21(19)29/h3-10,16-17,22-24,37H,11-13,15H2,1-2H3,(H,31,34)(H,32,35)/t16-,17+,22+,23+,24+/m0/s1. The van der Waals surface area contributed by atoms with Gasteiger partial charge in [-0.05, 0) is 41.2 Å². The van der Waals surface area contributed by atoms with Gasteiger partial charge in [-0.2, -0.15) is 5.26 Å². The van der Waals surface area contributed by atoms with Crippen LogP contribution in [0.3, 0.4) is 0 Å². The van der Waals surface area contributed by atoms with Crippen molar-refractivity contribution in [3.8, 4) is 17.2 Å². The van der Waals surface area contributed by atoms with Crippen molar-refractivity contribution in [2.75, 3.05) is 13.1 Å². The summed E-state index contributed by atoms with van der Waals surface area (Å²) < 4.78 is 0. The molecule has 0 bridgehead atoms. The van der Waals surface area contributed by atoms with Gasteiger partial charge in [-0.25, -0.2) is 0 Å². The third-order valence-corrected chi connectivity index (χ3v) is 9.13. The number of amides is 3. The van der Waals surface area contributed by atoms with E-state index in [-0.39, 0.29) is 35.5 Å². The maximum Gasteiger partial charge on any atom is 0.264 e. The van der Waals surface area contributed by atoms with Crippen molar-refractivity contribution in [1.82, 2.24) is 15.5 Å². The summed E-state index contributed by atoms with van der Waals surface area (Å²) in [5, 5.41) is 27.4. The third-order valence-electron chi connectivity index (χ3n) is 9.13. The van der Waals surface area contributed by atoms with Crippen LogP contribution in [-0.2, 0) is 20.0 Å². The Hall–Kier alpha value is -3.70. The van der Waals surface area contributed by atoms with E-state index in [1.165, 1.54) is 4.90 Å². The molecule has 0 radical (unpaired) electrons. The van der Waals surface area contributed by atoms with E-state index in [4.69, 9.17) is 0 Å². The van der Waals surface area contributed by atoms with Crippen molar-refractivity contribution in [3.05, 3.63) is 59.7 Å². The molecule has 1 saturated carbocycles. The van der Waals surface area contributed by atoms with Crippen LogP contribution in [0.25, 0.3) is 11.1 Å². The first-order valence-corrected chi connectivity index (χ1v) is 12.9. The van der Waals surface area contributed by atoms with Crippen molar-refractivity contribution in [3.63, 3.8) is 0 Å². The first kappa shape index (κ1) is 23.7. The minimum atomic E-state index is -1.90. The number of hydrogen-bond donors (Lipinski definition) is 3. The van der Waals surface area contributed by atoms with Crippen LogP contribution in [0.2, 0.25) is 0 Å². The Morgan fingerprint density at radius 1 is 1.16 bits per heavy atom. The smallest absolute Gasteiger partial charge is 0.264 e. The van der Waals surface area contributed by atoms with Crippen LogP contribution in [0, 0.1) is 34.5 Å². The number of nitrogens with zero attached hydrogens (tertiary/aromatic N) is 2. The van der Waals surface area contributed by atoms with Crippen LogP contribution in [-0.4, -0.2) is 52.9 Å². The van der Waals surface area contributed by atoms with Gasteiger partial charge in [0.25, 0.3) is 5.91 Å². The fraction of sp³-hybridized carbons (Fsp3) is 0.448. The van der Waals surface area contributed by atoms with Crippen LogP contribution in [0.15, 0.2) is 48.5 Å². The number of aliphatic hydroxyl groups is 1. The Labute approximate surface area is 215 Å². The third kappa shape index (κ3) is 3.33. The number of rotatable bonds is 5. The molecule has 3 N–H and O–H groups in total. The second kappa shape index (κ2) is 8.15. The van der Waals surface area contributed by atoms with E-state index >= 15 is 0 Å². The minimum absolute atomic E-state index is 0.0685. The highest BCUT2D eigenvalue weighted by molar-refractivity contribution is 6.01. The lowest BCUT2D eigenvalue weighted by Crippen LogP contribution is -2.56. The summed E-state index contributed by atoms with van der Waals surface area (Å²) in [5.74, 6) is -1.28. The first-order valence-electron chi connectivity index (χ1n) is 12.9. The van der Waals surface area contributed by atoms with Crippen LogP contribution in [0.1, 0.15) is 37.8 Å². The molecule has 8 nitrogen and oxygen atoms in total. The number of carbonyl (C=O) groups excluding carboxylic acids is 3. The van der Waals surface area contributed by atoms with Crippen molar-refractivity contribution < 1.29 is 19.5 Å². The Morgan fingerprint density at radius 3 is 2.35 bits per heavy atom. The van der Waals surface area contributed by atoms with Crippen molar-refractivity contribution in [2.45, 2.75) is 44.4 Å². The van der Waals surface area contributed by atoms with Crippen molar-refractivity contribution >= 4 is 17.7 Å². The Bertz CT molecular complexity index is 1320. The number of hydrogen-bond acceptors (Lipinski definition) is 5. The number of carbonyl (C=O) groups is 3. The van der Waals surface area contributed by atoms with Gasteiger partial charge in [0.05, 0.1) is 6.07 Å². The van der Waals surface area contributed by atoms with Gasteiger partial charge in [0.15, 0.2) is 5.60 Å². The summed E-state index contributed by atoms with van der Waals surface area (Å²) in [4.78, 5) is 41.5. The molecule has 2 saturated heterocycles. The Kier molecular flexibility index (Phi) is 5.22. The molecule has 2 heterocycles. The normalized spacial score (nSPS) is 28.4. The van der Waals surface area contributed by atoms with Crippen molar-refractivity contribution in [2.24, 2.45) is 23.2 Å². The molecule has 3 amide bonds. The number of nitriles is 1. The van der Waals surface area contributed by atoms with E-state index in [9.17, 15) is 24.8 Å². The highest BCUT2D eigenvalue weighted by Crippen LogP contribution is 2.65. The first-order chi connectivity index (χ1) is 17.7. The lowest BCUT2D eigenvalue weighted by molar-refractivity contribution is -0.153. The lowest BCUT2D eigenvalue weighted by atomic mass is 9.88. The molecule has 0 spiro atoms. The van der Waals surface area contributed by atoms with Crippen LogP contribution in [0.5, 0.6) is 0 Å². The van der Waals surface area contributed by atoms with E-state index in [0.29, 0.717) is 30.6 Å². The number of likely N-dealkylation sites (tertiary alicyclic amines) is 1. The molecule has 2 aliphatic carbocycles. The summed E-state index contributed by atoms with van der Waals surface area (Å²) in [6.45, 7) is 5.11. The Balaban J connectivity index is 1.31. The molecule has 2 aromatic rings. The topological polar surface area (TPSA) is 123 Å². The van der Waals surface area contributed by atoms with E-state index in [1.807, 2.05) is 24.3 Å². The number of piperidine rings is 1. The van der Waals surface area contributed by atoms with E-state index in [1.54, 1.807) is 24.3 Å². The molecule has 190 valence electrons. The second-order valence-corrected chi connectivity index (χ2v) is 11.4. The highest BCUT2D eigenvalue weighted by Gasteiger charge is 2.70. The SMILES string of the molecule is CC1(C)[C@@H]2[C@H]1CN(C(=O)C1(O)c3ccccc3-c3ccccc31)[C@H]2C(=O)N[C@@H](C#N)C[C@@H]1CCNC1=O. The number of benzene rings is 2. The average molecular weight is 499 g/mol.